The van der Waals surface area contributed by atoms with Crippen molar-refractivity contribution >= 4 is 27.5 Å². The van der Waals surface area contributed by atoms with Gasteiger partial charge in [-0.1, -0.05) is 6.07 Å². The van der Waals surface area contributed by atoms with Crippen molar-refractivity contribution in [2.24, 2.45) is 4.40 Å². The van der Waals surface area contributed by atoms with E-state index in [0.717, 1.165) is 6.26 Å². The Morgan fingerprint density at radius 1 is 1.24 bits per heavy atom. The normalized spacial score (nSPS) is 13.7. The van der Waals surface area contributed by atoms with Crippen molar-refractivity contribution in [1.82, 2.24) is 20.1 Å². The first-order valence-corrected chi connectivity index (χ1v) is 11.6. The Bertz CT molecular complexity index is 1340. The van der Waals surface area contributed by atoms with E-state index in [2.05, 4.69) is 19.6 Å². The summed E-state index contributed by atoms with van der Waals surface area (Å²) >= 11 is 0. The first-order chi connectivity index (χ1) is 16.1. The van der Waals surface area contributed by atoms with Gasteiger partial charge in [0.1, 0.15) is 5.82 Å². The van der Waals surface area contributed by atoms with Crippen LogP contribution in [0.5, 0.6) is 0 Å². The smallest absolute Gasteiger partial charge is 0.325 e. The summed E-state index contributed by atoms with van der Waals surface area (Å²) in [4.78, 5) is 20.0. The van der Waals surface area contributed by atoms with Gasteiger partial charge >= 0.3 is 12.5 Å². The van der Waals surface area contributed by atoms with Crippen molar-refractivity contribution in [2.45, 2.75) is 13.0 Å². The first kappa shape index (κ1) is 23.4. The van der Waals surface area contributed by atoms with Gasteiger partial charge in [0.15, 0.2) is 0 Å². The van der Waals surface area contributed by atoms with Crippen molar-refractivity contribution < 1.29 is 30.8 Å². The second-order valence-corrected chi connectivity index (χ2v) is 9.03. The average Bonchev–Trinajstić information content (AvgIpc) is 3.24. The molecule has 1 aliphatic heterocycles. The number of pyridine rings is 1. The zero-order chi connectivity index (χ0) is 24.5. The fraction of sp³-hybridized carbons (Fsp3) is 0.250. The van der Waals surface area contributed by atoms with Crippen LogP contribution in [0.2, 0.25) is 0 Å². The van der Waals surface area contributed by atoms with E-state index in [1.807, 2.05) is 0 Å². The number of anilines is 1. The number of benzene rings is 1. The van der Waals surface area contributed by atoms with Crippen LogP contribution in [0.15, 0.2) is 51.4 Å². The largest absolute Gasteiger partial charge is 0.415 e. The number of rotatable bonds is 6. The molecule has 1 aliphatic rings. The van der Waals surface area contributed by atoms with E-state index in [-0.39, 0.29) is 31.2 Å². The standard InChI is InChI=1S/C20H17F3N6O4S/c1-34(31,32)27-15-9-28(10-15)20(30)29(16-4-2-3-13(21)7-16)11-14-6-5-12(8-24-14)18-25-26-19(33-18)17(22)23/h2-8,17H,9-11H2,1H3. The molecule has 2 aromatic heterocycles. The molecule has 0 radical (unpaired) electrons. The lowest BCUT2D eigenvalue weighted by molar-refractivity contribution is 0.116. The highest BCUT2D eigenvalue weighted by molar-refractivity contribution is 7.89. The maximum Gasteiger partial charge on any atom is 0.325 e. The van der Waals surface area contributed by atoms with Gasteiger partial charge in [0.05, 0.1) is 42.9 Å². The number of sulfonamides is 1. The molecule has 0 spiro atoms. The monoisotopic (exact) mass is 494 g/mol. The Morgan fingerprint density at radius 3 is 2.59 bits per heavy atom. The van der Waals surface area contributed by atoms with Gasteiger partial charge in [-0.05, 0) is 30.3 Å². The number of hydrogen-bond donors (Lipinski definition) is 0. The number of carbonyl (C=O) groups excluding carboxylic acids is 1. The summed E-state index contributed by atoms with van der Waals surface area (Å²) in [6.07, 6.45) is -0.613. The molecule has 10 nitrogen and oxygen atoms in total. The Balaban J connectivity index is 1.54. The fourth-order valence-corrected chi connectivity index (χ4v) is 3.74. The number of nitrogens with zero attached hydrogens (tertiary/aromatic N) is 6. The number of aromatic nitrogens is 3. The molecule has 0 N–H and O–H groups in total. The lowest BCUT2D eigenvalue weighted by Gasteiger charge is -2.36. The second kappa shape index (κ2) is 9.21. The van der Waals surface area contributed by atoms with Crippen LogP contribution in [-0.4, -0.2) is 59.6 Å². The molecule has 2 amide bonds. The molecule has 0 aliphatic carbocycles. The molecule has 4 rings (SSSR count). The van der Waals surface area contributed by atoms with Crippen LogP contribution < -0.4 is 4.90 Å². The van der Waals surface area contributed by atoms with Crippen LogP contribution in [-0.2, 0) is 16.6 Å². The van der Waals surface area contributed by atoms with Gasteiger partial charge in [0, 0.05) is 11.9 Å². The molecule has 14 heteroatoms. The Morgan fingerprint density at radius 2 is 2.00 bits per heavy atom. The topological polar surface area (TPSA) is 122 Å². The molecule has 0 unspecified atom stereocenters. The minimum atomic E-state index is -3.57. The van der Waals surface area contributed by atoms with Gasteiger partial charge in [-0.15, -0.1) is 10.2 Å². The molecule has 0 bridgehead atoms. The molecule has 0 atom stereocenters. The summed E-state index contributed by atoms with van der Waals surface area (Å²) in [6, 6.07) is 7.96. The van der Waals surface area contributed by atoms with Gasteiger partial charge in [-0.2, -0.15) is 13.2 Å². The molecule has 1 fully saturated rings. The summed E-state index contributed by atoms with van der Waals surface area (Å²) in [5.41, 5.74) is 1.31. The van der Waals surface area contributed by atoms with Crippen molar-refractivity contribution in [2.75, 3.05) is 24.2 Å². The van der Waals surface area contributed by atoms with Crippen LogP contribution in [0, 0.1) is 5.82 Å². The third kappa shape index (κ3) is 5.39. The highest BCUT2D eigenvalue weighted by atomic mass is 32.2. The van der Waals surface area contributed by atoms with E-state index in [9.17, 15) is 26.4 Å². The third-order valence-electron chi connectivity index (χ3n) is 4.68. The van der Waals surface area contributed by atoms with Gasteiger partial charge in [-0.25, -0.2) is 17.6 Å². The molecule has 0 saturated carbocycles. The number of likely N-dealkylation sites (tertiary alicyclic amines) is 1. The van der Waals surface area contributed by atoms with E-state index < -0.39 is 34.2 Å². The summed E-state index contributed by atoms with van der Waals surface area (Å²) < 4.78 is 70.2. The maximum absolute atomic E-state index is 13.8. The van der Waals surface area contributed by atoms with E-state index in [4.69, 9.17) is 4.42 Å². The number of halogens is 3. The zero-order valence-corrected chi connectivity index (χ0v) is 18.4. The summed E-state index contributed by atoms with van der Waals surface area (Å²) in [5, 5.41) is 6.82. The molecular formula is C20H17F3N6O4S. The van der Waals surface area contributed by atoms with Gasteiger partial charge in [0.25, 0.3) is 5.89 Å². The number of hydrogen-bond acceptors (Lipinski definition) is 7. The summed E-state index contributed by atoms with van der Waals surface area (Å²) in [5.74, 6) is -1.49. The van der Waals surface area contributed by atoms with E-state index >= 15 is 0 Å². The molecule has 34 heavy (non-hydrogen) atoms. The Hall–Kier alpha value is -3.81. The van der Waals surface area contributed by atoms with Gasteiger partial charge in [-0.3, -0.25) is 9.88 Å². The minimum Gasteiger partial charge on any atom is -0.415 e. The quantitative estimate of drug-likeness (QED) is 0.516. The van der Waals surface area contributed by atoms with E-state index in [1.165, 1.54) is 46.3 Å². The number of alkyl halides is 2. The van der Waals surface area contributed by atoms with E-state index in [1.54, 1.807) is 6.07 Å². The highest BCUT2D eigenvalue weighted by Gasteiger charge is 2.32. The van der Waals surface area contributed by atoms with Crippen molar-refractivity contribution in [3.8, 4) is 11.5 Å². The molecule has 1 saturated heterocycles. The molecular weight excluding hydrogens is 477 g/mol. The fourth-order valence-electron chi connectivity index (χ4n) is 3.15. The van der Waals surface area contributed by atoms with Crippen LogP contribution in [0.1, 0.15) is 18.0 Å². The zero-order valence-electron chi connectivity index (χ0n) is 17.6. The predicted octanol–water partition coefficient (Wildman–Crippen LogP) is 3.05. The maximum atomic E-state index is 13.8. The Kier molecular flexibility index (Phi) is 6.32. The lowest BCUT2D eigenvalue weighted by Crippen LogP contribution is -2.55. The predicted molar refractivity (Wildman–Crippen MR) is 114 cm³/mol. The van der Waals surface area contributed by atoms with E-state index in [0.29, 0.717) is 17.0 Å². The van der Waals surface area contributed by atoms with Crippen LogP contribution in [0.4, 0.5) is 23.7 Å². The first-order valence-electron chi connectivity index (χ1n) is 9.75. The number of carbonyl (C=O) groups is 1. The van der Waals surface area contributed by atoms with Gasteiger partial charge < -0.3 is 9.32 Å². The SMILES string of the molecule is CS(=O)(=O)N=C1CN(C(=O)N(Cc2ccc(-c3nnc(C(F)F)o3)cn2)c2cccc(F)c2)C1. The molecule has 178 valence electrons. The number of urea groups is 1. The van der Waals surface area contributed by atoms with Gasteiger partial charge in [0.2, 0.25) is 15.9 Å². The van der Waals surface area contributed by atoms with Crippen LogP contribution >= 0.6 is 0 Å². The van der Waals surface area contributed by atoms with Crippen molar-refractivity contribution in [3.05, 3.63) is 60.0 Å². The summed E-state index contributed by atoms with van der Waals surface area (Å²) in [6.45, 7) is -0.00876. The van der Waals surface area contributed by atoms with Crippen LogP contribution in [0.3, 0.4) is 0 Å². The lowest BCUT2D eigenvalue weighted by atomic mass is 10.2. The second-order valence-electron chi connectivity index (χ2n) is 7.38. The van der Waals surface area contributed by atoms with Crippen molar-refractivity contribution in [1.29, 1.82) is 0 Å². The Labute approximate surface area is 191 Å². The minimum absolute atomic E-state index is 0.0215. The third-order valence-corrected chi connectivity index (χ3v) is 5.27. The van der Waals surface area contributed by atoms with Crippen LogP contribution in [0.25, 0.3) is 11.5 Å². The molecule has 3 heterocycles. The van der Waals surface area contributed by atoms with Crippen molar-refractivity contribution in [3.63, 3.8) is 0 Å². The average molecular weight is 494 g/mol. The number of amides is 2. The molecule has 3 aromatic rings. The molecule has 1 aromatic carbocycles. The highest BCUT2D eigenvalue weighted by Crippen LogP contribution is 2.25. The summed E-state index contributed by atoms with van der Waals surface area (Å²) in [7, 11) is -3.57.